The third-order valence-electron chi connectivity index (χ3n) is 2.99. The third-order valence-corrected chi connectivity index (χ3v) is 2.99. The minimum atomic E-state index is 0. The van der Waals surface area contributed by atoms with Crippen molar-refractivity contribution in [2.45, 2.75) is 40.8 Å². The van der Waals surface area contributed by atoms with Crippen LogP contribution in [0.5, 0.6) is 5.75 Å². The second-order valence-corrected chi connectivity index (χ2v) is 5.87. The first-order chi connectivity index (χ1) is 8.93. The van der Waals surface area contributed by atoms with Gasteiger partial charge in [0.15, 0.2) is 0 Å². The number of halogens is 2. The molecule has 0 saturated heterocycles. The summed E-state index contributed by atoms with van der Waals surface area (Å²) < 4.78 is 0. The molecule has 1 atom stereocenters. The van der Waals surface area contributed by atoms with Crippen molar-refractivity contribution in [1.82, 2.24) is 0 Å². The maximum absolute atomic E-state index is 8.63. The van der Waals surface area contributed by atoms with Crippen molar-refractivity contribution >= 4 is 34.3 Å². The van der Waals surface area contributed by atoms with Crippen LogP contribution >= 0.6 is 24.8 Å². The first-order valence-electron chi connectivity index (χ1n) is 6.69. The Hall–Kier alpha value is 0.180. The number of phenols is 1. The van der Waals surface area contributed by atoms with Gasteiger partial charge in [0.1, 0.15) is 5.75 Å². The molecule has 2 rings (SSSR count). The molecule has 125 valence electrons. The first-order valence-corrected chi connectivity index (χ1v) is 9.00. The van der Waals surface area contributed by atoms with Crippen molar-refractivity contribution < 1.29 is 31.3 Å². The second-order valence-electron chi connectivity index (χ2n) is 4.71. The molecule has 0 fully saturated rings. The van der Waals surface area contributed by atoms with Gasteiger partial charge in [0.2, 0.25) is 0 Å². The Balaban J connectivity index is -0.000000114. The van der Waals surface area contributed by atoms with Crippen molar-refractivity contribution in [2.24, 2.45) is 5.92 Å². The minimum Gasteiger partial charge on any atom is -0.508 e. The third kappa shape index (κ3) is 12.7. The molecule has 1 nitrogen and oxygen atoms in total. The van der Waals surface area contributed by atoms with Crippen LogP contribution in [0.1, 0.15) is 27.7 Å². The number of hydrogen-bond acceptors (Lipinski definition) is 1. The average molecular weight is 439 g/mol. The van der Waals surface area contributed by atoms with Crippen molar-refractivity contribution in [3.63, 3.8) is 0 Å². The summed E-state index contributed by atoms with van der Waals surface area (Å²) in [4.78, 5) is 0. The average Bonchev–Trinajstić information content (AvgIpc) is 2.59. The molecule has 1 aromatic rings. The molecular formula is C17H28Cl2OSiZr-. The molecule has 0 aliphatic heterocycles. The van der Waals surface area contributed by atoms with Crippen molar-refractivity contribution in [2.75, 3.05) is 0 Å². The van der Waals surface area contributed by atoms with Crippen LogP contribution in [0.4, 0.5) is 0 Å². The Morgan fingerprint density at radius 2 is 1.41 bits per heavy atom. The van der Waals surface area contributed by atoms with Gasteiger partial charge in [0.25, 0.3) is 0 Å². The van der Waals surface area contributed by atoms with E-state index in [-0.39, 0.29) is 51.0 Å². The number of benzene rings is 1. The maximum atomic E-state index is 8.63. The van der Waals surface area contributed by atoms with Gasteiger partial charge in [-0.2, -0.15) is 11.1 Å². The Kier molecular flexibility index (Phi) is 24.0. The van der Waals surface area contributed by atoms with E-state index >= 15 is 0 Å². The molecule has 0 aromatic heterocycles. The van der Waals surface area contributed by atoms with E-state index in [1.807, 2.05) is 6.07 Å². The van der Waals surface area contributed by atoms with E-state index in [0.717, 1.165) is 9.52 Å². The van der Waals surface area contributed by atoms with E-state index in [1.165, 1.54) is 16.7 Å². The summed E-state index contributed by atoms with van der Waals surface area (Å²) in [5.74, 6) is 0.882. The fraction of sp³-hybridized carbons (Fsp3) is 0.412. The molecular weight excluding hydrogens is 410 g/mol. The maximum Gasteiger partial charge on any atom is 0.115 e. The molecule has 0 bridgehead atoms. The smallest absolute Gasteiger partial charge is 0.115 e. The summed E-state index contributed by atoms with van der Waals surface area (Å²) in [6.07, 6.45) is 3.36. The fourth-order valence-corrected chi connectivity index (χ4v) is 1.59. The van der Waals surface area contributed by atoms with Crippen LogP contribution in [0, 0.1) is 12.0 Å². The number of rotatable bonds is 0. The van der Waals surface area contributed by atoms with Gasteiger partial charge >= 0.3 is 0 Å². The van der Waals surface area contributed by atoms with Crippen LogP contribution in [0.2, 0.25) is 13.1 Å². The van der Waals surface area contributed by atoms with Gasteiger partial charge < -0.3 is 5.11 Å². The van der Waals surface area contributed by atoms with E-state index in [4.69, 9.17) is 5.11 Å². The van der Waals surface area contributed by atoms with E-state index in [9.17, 15) is 0 Å². The number of allylic oxidation sites excluding steroid dienone is 4. The normalized spacial score (nSPS) is 14.6. The van der Waals surface area contributed by atoms with Crippen LogP contribution in [0.15, 0.2) is 47.1 Å². The van der Waals surface area contributed by atoms with E-state index in [0.29, 0.717) is 11.7 Å². The molecule has 1 unspecified atom stereocenters. The SMILES string of the molecule is CC1=[C-]C(C)C(C)=C1C.C[SiH]C.Cl.Cl.Oc1ccccc1.[Zr]. The Morgan fingerprint density at radius 3 is 1.55 bits per heavy atom. The van der Waals surface area contributed by atoms with E-state index < -0.39 is 0 Å². The predicted octanol–water partition coefficient (Wildman–Crippen LogP) is 5.47. The minimum absolute atomic E-state index is 0. The van der Waals surface area contributed by atoms with Crippen molar-refractivity contribution in [3.8, 4) is 5.75 Å². The topological polar surface area (TPSA) is 20.2 Å². The molecule has 0 spiro atoms. The van der Waals surface area contributed by atoms with E-state index in [2.05, 4.69) is 46.9 Å². The molecule has 1 aliphatic rings. The van der Waals surface area contributed by atoms with Crippen LogP contribution in [-0.4, -0.2) is 14.6 Å². The van der Waals surface area contributed by atoms with Gasteiger partial charge in [-0.05, 0) is 12.1 Å². The zero-order valence-corrected chi connectivity index (χ0v) is 19.6. The fourth-order valence-electron chi connectivity index (χ4n) is 1.59. The monoisotopic (exact) mass is 436 g/mol. The van der Waals surface area contributed by atoms with Gasteiger partial charge in [0.05, 0.1) is 0 Å². The summed E-state index contributed by atoms with van der Waals surface area (Å²) in [5, 5.41) is 8.63. The van der Waals surface area contributed by atoms with Crippen LogP contribution in [-0.2, 0) is 26.2 Å². The van der Waals surface area contributed by atoms with Gasteiger partial charge in [-0.3, -0.25) is 6.08 Å². The van der Waals surface area contributed by atoms with Crippen LogP contribution in [0.25, 0.3) is 0 Å². The number of phenolic OH excluding ortho intramolecular Hbond substituents is 1. The van der Waals surface area contributed by atoms with Crippen molar-refractivity contribution in [1.29, 1.82) is 0 Å². The predicted molar refractivity (Wildman–Crippen MR) is 101 cm³/mol. The molecule has 1 radical (unpaired) electrons. The Bertz CT molecular complexity index is 434. The zero-order valence-electron chi connectivity index (χ0n) is 14.3. The summed E-state index contributed by atoms with van der Waals surface area (Å²) in [7, 11) is 0.750. The summed E-state index contributed by atoms with van der Waals surface area (Å²) in [5.41, 5.74) is 4.25. The van der Waals surface area contributed by atoms with Crippen LogP contribution < -0.4 is 0 Å². The molecule has 22 heavy (non-hydrogen) atoms. The molecule has 0 saturated carbocycles. The molecule has 1 aliphatic carbocycles. The Morgan fingerprint density at radius 1 is 1.00 bits per heavy atom. The molecule has 0 heterocycles. The summed E-state index contributed by atoms with van der Waals surface area (Å²) in [6, 6.07) is 8.71. The molecule has 1 N–H and O–H groups in total. The summed E-state index contributed by atoms with van der Waals surface area (Å²) >= 11 is 0. The van der Waals surface area contributed by atoms with Gasteiger partial charge in [-0.15, -0.1) is 31.7 Å². The van der Waals surface area contributed by atoms with Gasteiger partial charge in [-0.1, -0.05) is 58.0 Å². The summed E-state index contributed by atoms with van der Waals surface area (Å²) in [6.45, 7) is 13.1. The standard InChI is InChI=1S/C9H13.C6H6O.C2H7Si.2ClH.Zr/c1-6-5-7(2)9(4)8(6)3;7-6-4-2-1-3-5-6;1-3-2;;;/h6H,1-4H3;1-5,7H;3H,1-2H3;2*1H;/q-1;;;;;. The van der Waals surface area contributed by atoms with E-state index in [1.54, 1.807) is 24.3 Å². The van der Waals surface area contributed by atoms with Crippen molar-refractivity contribution in [3.05, 3.63) is 53.1 Å². The molecule has 0 amide bonds. The largest absolute Gasteiger partial charge is 0.508 e. The molecule has 5 heteroatoms. The number of hydrogen-bond donors (Lipinski definition) is 1. The number of aromatic hydroxyl groups is 1. The van der Waals surface area contributed by atoms with Crippen LogP contribution in [0.3, 0.4) is 0 Å². The quantitative estimate of drug-likeness (QED) is 0.420. The second kappa shape index (κ2) is 17.5. The van der Waals surface area contributed by atoms with Gasteiger partial charge in [0, 0.05) is 35.7 Å². The molecule has 1 aromatic carbocycles. The Labute approximate surface area is 170 Å². The zero-order chi connectivity index (χ0) is 14.8. The number of para-hydroxylation sites is 1. The van der Waals surface area contributed by atoms with Gasteiger partial charge in [-0.25, -0.2) is 5.57 Å². The first kappa shape index (κ1) is 30.1.